The lowest BCUT2D eigenvalue weighted by molar-refractivity contribution is 0.664. The molecule has 1 aliphatic heterocycles. The molecular formula is C17H15N. The van der Waals surface area contributed by atoms with Crippen LogP contribution < -0.4 is 4.90 Å². The summed E-state index contributed by atoms with van der Waals surface area (Å²) in [7, 11) is 0. The predicted octanol–water partition coefficient (Wildman–Crippen LogP) is 3.85. The molecule has 0 aromatic heterocycles. The van der Waals surface area contributed by atoms with E-state index in [0.29, 0.717) is 5.92 Å². The Balaban J connectivity index is 2.25. The molecule has 0 N–H and O–H groups in total. The third-order valence-electron chi connectivity index (χ3n) is 3.45. The lowest BCUT2D eigenvalue weighted by Gasteiger charge is -2.30. The molecule has 0 saturated carbocycles. The molecule has 1 aromatic rings. The average Bonchev–Trinajstić information content (AvgIpc) is 2.56. The second kappa shape index (κ2) is 4.23. The molecule has 18 heavy (non-hydrogen) atoms. The first kappa shape index (κ1) is 10.9. The summed E-state index contributed by atoms with van der Waals surface area (Å²) >= 11 is 0. The van der Waals surface area contributed by atoms with Gasteiger partial charge in [0, 0.05) is 29.0 Å². The van der Waals surface area contributed by atoms with Crippen LogP contribution in [0.4, 0.5) is 5.69 Å². The van der Waals surface area contributed by atoms with Crippen molar-refractivity contribution in [3.05, 3.63) is 66.0 Å². The van der Waals surface area contributed by atoms with Crippen LogP contribution >= 0.6 is 0 Å². The van der Waals surface area contributed by atoms with E-state index in [1.54, 1.807) is 0 Å². The standard InChI is InChI=1S/C17H15N/c1-3-18-16-10-5-4-8-14(16)11-12-15-9-6-7-13(2)17(15)18/h3-6,8-10,13H,1,7H2,2H3. The number of allylic oxidation sites excluding steroid dienone is 4. The third kappa shape index (κ3) is 1.58. The molecule has 1 aromatic carbocycles. The molecule has 1 unspecified atom stereocenters. The van der Waals surface area contributed by atoms with Crippen molar-refractivity contribution in [2.24, 2.45) is 5.92 Å². The van der Waals surface area contributed by atoms with E-state index in [0.717, 1.165) is 23.2 Å². The zero-order chi connectivity index (χ0) is 12.5. The number of anilines is 1. The summed E-state index contributed by atoms with van der Waals surface area (Å²) in [5, 5.41) is 0. The number of hydrogen-bond donors (Lipinski definition) is 0. The van der Waals surface area contributed by atoms with Gasteiger partial charge >= 0.3 is 0 Å². The zero-order valence-corrected chi connectivity index (χ0v) is 10.5. The fourth-order valence-corrected chi connectivity index (χ4v) is 2.58. The quantitative estimate of drug-likeness (QED) is 0.666. The normalized spacial score (nSPS) is 20.5. The molecular weight excluding hydrogens is 218 g/mol. The number of hydrogen-bond acceptors (Lipinski definition) is 1. The predicted molar refractivity (Wildman–Crippen MR) is 75.9 cm³/mol. The van der Waals surface area contributed by atoms with E-state index >= 15 is 0 Å². The van der Waals surface area contributed by atoms with Crippen LogP contribution in [0.1, 0.15) is 18.9 Å². The fraction of sp³-hybridized carbons (Fsp3) is 0.176. The SMILES string of the molecule is C=CN1C2=C(C#Cc3ccccc31)C=CCC2C. The molecule has 1 aliphatic carbocycles. The van der Waals surface area contributed by atoms with E-state index in [9.17, 15) is 0 Å². The number of rotatable bonds is 1. The van der Waals surface area contributed by atoms with Gasteiger partial charge in [-0.2, -0.15) is 0 Å². The minimum Gasteiger partial charge on any atom is -0.319 e. The molecule has 1 nitrogen and oxygen atoms in total. The van der Waals surface area contributed by atoms with Crippen molar-refractivity contribution in [2.45, 2.75) is 13.3 Å². The van der Waals surface area contributed by atoms with Crippen molar-refractivity contribution in [3.63, 3.8) is 0 Å². The first-order valence-electron chi connectivity index (χ1n) is 6.25. The number of fused-ring (bicyclic) bond motifs is 1. The van der Waals surface area contributed by atoms with Crippen molar-refractivity contribution < 1.29 is 0 Å². The summed E-state index contributed by atoms with van der Waals surface area (Å²) in [6.07, 6.45) is 7.28. The molecule has 0 bridgehead atoms. The van der Waals surface area contributed by atoms with Gasteiger partial charge in [-0.1, -0.05) is 43.6 Å². The smallest absolute Gasteiger partial charge is 0.0609 e. The number of nitrogens with zero attached hydrogens (tertiary/aromatic N) is 1. The lowest BCUT2D eigenvalue weighted by Crippen LogP contribution is -2.23. The second-order valence-corrected chi connectivity index (χ2v) is 4.66. The maximum Gasteiger partial charge on any atom is 0.0609 e. The highest BCUT2D eigenvalue weighted by Crippen LogP contribution is 2.35. The van der Waals surface area contributed by atoms with Crippen molar-refractivity contribution in [3.8, 4) is 11.8 Å². The van der Waals surface area contributed by atoms with Crippen molar-refractivity contribution in [1.82, 2.24) is 0 Å². The summed E-state index contributed by atoms with van der Waals surface area (Å²) < 4.78 is 0. The van der Waals surface area contributed by atoms with Crippen LogP contribution in [0, 0.1) is 17.8 Å². The first-order valence-corrected chi connectivity index (χ1v) is 6.25. The Morgan fingerprint density at radius 2 is 2.17 bits per heavy atom. The Morgan fingerprint density at radius 3 is 3.00 bits per heavy atom. The van der Waals surface area contributed by atoms with Gasteiger partial charge in [0.25, 0.3) is 0 Å². The van der Waals surface area contributed by atoms with Gasteiger partial charge in [0.15, 0.2) is 0 Å². The molecule has 88 valence electrons. The molecule has 3 rings (SSSR count). The van der Waals surface area contributed by atoms with Gasteiger partial charge in [-0.05, 0) is 24.6 Å². The highest BCUT2D eigenvalue weighted by Gasteiger charge is 2.23. The second-order valence-electron chi connectivity index (χ2n) is 4.66. The summed E-state index contributed by atoms with van der Waals surface area (Å²) in [5.41, 5.74) is 4.58. The summed E-state index contributed by atoms with van der Waals surface area (Å²) in [6, 6.07) is 8.24. The fourth-order valence-electron chi connectivity index (χ4n) is 2.58. The molecule has 2 aliphatic rings. The van der Waals surface area contributed by atoms with Crippen LogP contribution in [0.15, 0.2) is 60.5 Å². The first-order chi connectivity index (χ1) is 8.81. The van der Waals surface area contributed by atoms with Crippen LogP contribution in [0.2, 0.25) is 0 Å². The number of para-hydroxylation sites is 1. The van der Waals surface area contributed by atoms with Gasteiger partial charge < -0.3 is 4.90 Å². The maximum absolute atomic E-state index is 3.96. The molecule has 0 radical (unpaired) electrons. The maximum atomic E-state index is 3.96. The Morgan fingerprint density at radius 1 is 1.33 bits per heavy atom. The molecule has 1 heteroatoms. The molecule has 0 saturated heterocycles. The van der Waals surface area contributed by atoms with Crippen molar-refractivity contribution in [1.29, 1.82) is 0 Å². The Hall–Kier alpha value is -2.20. The van der Waals surface area contributed by atoms with E-state index in [1.165, 1.54) is 5.70 Å². The molecule has 0 amide bonds. The topological polar surface area (TPSA) is 3.24 Å². The number of benzene rings is 1. The average molecular weight is 233 g/mol. The van der Waals surface area contributed by atoms with Crippen LogP contribution in [0.25, 0.3) is 0 Å². The molecule has 0 fully saturated rings. The Labute approximate surface area is 108 Å². The highest BCUT2D eigenvalue weighted by molar-refractivity contribution is 5.71. The van der Waals surface area contributed by atoms with Gasteiger partial charge in [0.2, 0.25) is 0 Å². The highest BCUT2D eigenvalue weighted by atomic mass is 15.1. The van der Waals surface area contributed by atoms with Gasteiger partial charge in [-0.3, -0.25) is 0 Å². The minimum absolute atomic E-state index is 0.475. The van der Waals surface area contributed by atoms with Gasteiger partial charge in [0.05, 0.1) is 5.69 Å². The Bertz CT molecular complexity index is 623. The minimum atomic E-state index is 0.475. The molecule has 1 heterocycles. The van der Waals surface area contributed by atoms with Crippen LogP contribution in [-0.4, -0.2) is 0 Å². The van der Waals surface area contributed by atoms with Gasteiger partial charge in [-0.25, -0.2) is 0 Å². The molecule has 0 spiro atoms. The van der Waals surface area contributed by atoms with Crippen molar-refractivity contribution >= 4 is 5.69 Å². The Kier molecular flexibility index (Phi) is 2.57. The van der Waals surface area contributed by atoms with Crippen molar-refractivity contribution in [2.75, 3.05) is 4.90 Å². The van der Waals surface area contributed by atoms with Gasteiger partial charge in [0.1, 0.15) is 0 Å². The van der Waals surface area contributed by atoms with Crippen LogP contribution in [0.3, 0.4) is 0 Å². The molecule has 1 atom stereocenters. The lowest BCUT2D eigenvalue weighted by atomic mass is 9.93. The zero-order valence-electron chi connectivity index (χ0n) is 10.5. The van der Waals surface area contributed by atoms with E-state index in [2.05, 4.69) is 54.5 Å². The third-order valence-corrected chi connectivity index (χ3v) is 3.45. The van der Waals surface area contributed by atoms with Crippen LogP contribution in [-0.2, 0) is 0 Å². The summed E-state index contributed by atoms with van der Waals surface area (Å²) in [5.74, 6) is 7.02. The monoisotopic (exact) mass is 233 g/mol. The van der Waals surface area contributed by atoms with Gasteiger partial charge in [-0.15, -0.1) is 0 Å². The van der Waals surface area contributed by atoms with E-state index in [4.69, 9.17) is 0 Å². The van der Waals surface area contributed by atoms with Crippen LogP contribution in [0.5, 0.6) is 0 Å². The largest absolute Gasteiger partial charge is 0.319 e. The van der Waals surface area contributed by atoms with E-state index in [-0.39, 0.29) is 0 Å². The van der Waals surface area contributed by atoms with E-state index in [1.807, 2.05) is 18.3 Å². The summed E-state index contributed by atoms with van der Waals surface area (Å²) in [6.45, 7) is 6.20. The van der Waals surface area contributed by atoms with E-state index < -0.39 is 0 Å². The summed E-state index contributed by atoms with van der Waals surface area (Å²) in [4.78, 5) is 2.17.